The average Bonchev–Trinajstić information content (AvgIpc) is 3.39. The quantitative estimate of drug-likeness (QED) is 0.509. The van der Waals surface area contributed by atoms with Crippen LogP contribution in [0.5, 0.6) is 0 Å². The third kappa shape index (κ3) is 3.74. The van der Waals surface area contributed by atoms with E-state index in [0.717, 1.165) is 10.9 Å². The van der Waals surface area contributed by atoms with Crippen LogP contribution in [-0.2, 0) is 4.79 Å². The number of fused-ring (bicyclic) bond motifs is 1. The minimum Gasteiger partial charge on any atom is -0.345 e. The van der Waals surface area contributed by atoms with Crippen molar-refractivity contribution in [3.63, 3.8) is 0 Å². The Kier molecular flexibility index (Phi) is 4.87. The van der Waals surface area contributed by atoms with Gasteiger partial charge in [-0.05, 0) is 47.6 Å². The van der Waals surface area contributed by atoms with Crippen molar-refractivity contribution in [1.29, 1.82) is 0 Å². The van der Waals surface area contributed by atoms with Gasteiger partial charge in [-0.2, -0.15) is 13.2 Å². The van der Waals surface area contributed by atoms with E-state index in [1.807, 2.05) is 17.4 Å². The minimum atomic E-state index is -4.45. The number of rotatable bonds is 5. The van der Waals surface area contributed by atoms with E-state index in [1.54, 1.807) is 30.5 Å². The summed E-state index contributed by atoms with van der Waals surface area (Å²) in [6.45, 7) is -1.35. The van der Waals surface area contributed by atoms with Crippen molar-refractivity contribution in [2.75, 3.05) is 18.5 Å². The molecular weight excluding hydrogens is 500 g/mol. The van der Waals surface area contributed by atoms with E-state index in [-0.39, 0.29) is 0 Å². The molecule has 0 spiro atoms. The summed E-state index contributed by atoms with van der Waals surface area (Å²) in [6.07, 6.45) is 1.52. The molecule has 1 aliphatic rings. The van der Waals surface area contributed by atoms with E-state index in [1.165, 1.54) is 0 Å². The second-order valence-corrected chi connectivity index (χ2v) is 8.02. The lowest BCUT2D eigenvalue weighted by atomic mass is 10.2. The van der Waals surface area contributed by atoms with Gasteiger partial charge in [0, 0.05) is 36.6 Å². The number of anilines is 1. The maximum atomic E-state index is 12.5. The number of nitrogens with one attached hydrogen (secondary N) is 2. The molecule has 3 heterocycles. The number of hydrogen-bond donors (Lipinski definition) is 2. The Labute approximate surface area is 177 Å². The topological polar surface area (TPSA) is 86.8 Å². The Balaban J connectivity index is 1.65. The Morgan fingerprint density at radius 2 is 2.14 bits per heavy atom. The smallest absolute Gasteiger partial charge is 0.345 e. The third-order valence-corrected chi connectivity index (χ3v) is 5.73. The van der Waals surface area contributed by atoms with Gasteiger partial charge in [0.25, 0.3) is 0 Å². The molecule has 1 amide bonds. The lowest BCUT2D eigenvalue weighted by Crippen LogP contribution is -2.50. The first-order valence-electron chi connectivity index (χ1n) is 8.75. The minimum absolute atomic E-state index is 0.443. The van der Waals surface area contributed by atoms with Crippen molar-refractivity contribution >= 4 is 45.3 Å². The molecule has 7 nitrogen and oxygen atoms in total. The standard InChI is InChI=1S/C18H16F3IN6O/c1-28(17(4-5-17)16(29)26-9-18(19,20)21)15-12(22)8-25-14(27-15)11-7-24-13-10(11)3-2-6-23-13/h2-3,6-8H,4-5,9H2,1H3,(H,23,24)(H,26,29). The highest BCUT2D eigenvalue weighted by Crippen LogP contribution is 2.44. The lowest BCUT2D eigenvalue weighted by molar-refractivity contribution is -0.139. The van der Waals surface area contributed by atoms with Gasteiger partial charge >= 0.3 is 6.18 Å². The summed E-state index contributed by atoms with van der Waals surface area (Å²) in [6, 6.07) is 3.70. The number of likely N-dealkylation sites (N-methyl/N-ethyl adjacent to an activating group) is 1. The number of amides is 1. The van der Waals surface area contributed by atoms with E-state index >= 15 is 0 Å². The predicted molar refractivity (Wildman–Crippen MR) is 109 cm³/mol. The number of alkyl halides is 3. The zero-order chi connectivity index (χ0) is 20.8. The highest BCUT2D eigenvalue weighted by Gasteiger charge is 2.54. The summed E-state index contributed by atoms with van der Waals surface area (Å²) < 4.78 is 38.2. The Morgan fingerprint density at radius 1 is 1.38 bits per heavy atom. The fourth-order valence-electron chi connectivity index (χ4n) is 3.24. The fraction of sp³-hybridized carbons (Fsp3) is 0.333. The zero-order valence-corrected chi connectivity index (χ0v) is 17.4. The third-order valence-electron chi connectivity index (χ3n) is 4.97. The van der Waals surface area contributed by atoms with Crippen LogP contribution in [0, 0.1) is 3.57 Å². The largest absolute Gasteiger partial charge is 0.405 e. The van der Waals surface area contributed by atoms with Crippen LogP contribution in [0.1, 0.15) is 12.8 Å². The Morgan fingerprint density at radius 3 is 2.83 bits per heavy atom. The molecular formula is C18H16F3IN6O. The number of halogens is 4. The van der Waals surface area contributed by atoms with Gasteiger partial charge in [0.15, 0.2) is 5.82 Å². The number of carbonyl (C=O) groups is 1. The molecule has 11 heteroatoms. The zero-order valence-electron chi connectivity index (χ0n) is 15.2. The highest BCUT2D eigenvalue weighted by molar-refractivity contribution is 14.1. The summed E-state index contributed by atoms with van der Waals surface area (Å²) in [4.78, 5) is 30.4. The van der Waals surface area contributed by atoms with Gasteiger partial charge in [0.1, 0.15) is 23.5 Å². The number of aromatic nitrogens is 4. The fourth-order valence-corrected chi connectivity index (χ4v) is 3.87. The number of nitrogens with zero attached hydrogens (tertiary/aromatic N) is 4. The monoisotopic (exact) mass is 516 g/mol. The second-order valence-electron chi connectivity index (χ2n) is 6.86. The van der Waals surface area contributed by atoms with Crippen LogP contribution in [0.25, 0.3) is 22.4 Å². The number of H-pyrrole nitrogens is 1. The first kappa shape index (κ1) is 19.9. The molecule has 0 saturated heterocycles. The van der Waals surface area contributed by atoms with Crippen LogP contribution in [-0.4, -0.2) is 51.2 Å². The average molecular weight is 516 g/mol. The van der Waals surface area contributed by atoms with Gasteiger partial charge < -0.3 is 15.2 Å². The van der Waals surface area contributed by atoms with Crippen LogP contribution in [0.15, 0.2) is 30.7 Å². The molecule has 0 aliphatic heterocycles. The molecule has 1 fully saturated rings. The molecule has 3 aromatic rings. The van der Waals surface area contributed by atoms with E-state index in [4.69, 9.17) is 0 Å². The molecule has 152 valence electrons. The molecule has 3 aromatic heterocycles. The molecule has 0 unspecified atom stereocenters. The van der Waals surface area contributed by atoms with Crippen molar-refractivity contribution in [1.82, 2.24) is 25.3 Å². The van der Waals surface area contributed by atoms with Crippen LogP contribution in [0.3, 0.4) is 0 Å². The number of aromatic amines is 1. The van der Waals surface area contributed by atoms with Crippen molar-refractivity contribution < 1.29 is 18.0 Å². The first-order chi connectivity index (χ1) is 13.7. The van der Waals surface area contributed by atoms with Crippen molar-refractivity contribution in [2.24, 2.45) is 0 Å². The molecule has 0 bridgehead atoms. The molecule has 1 aliphatic carbocycles. The maximum absolute atomic E-state index is 12.5. The molecule has 2 N–H and O–H groups in total. The lowest BCUT2D eigenvalue weighted by Gasteiger charge is -2.29. The van der Waals surface area contributed by atoms with Gasteiger partial charge in [-0.3, -0.25) is 4.79 Å². The molecule has 0 atom stereocenters. The van der Waals surface area contributed by atoms with Crippen molar-refractivity contribution in [3.05, 3.63) is 34.3 Å². The first-order valence-corrected chi connectivity index (χ1v) is 9.83. The Hall–Kier alpha value is -2.44. The van der Waals surface area contributed by atoms with Crippen molar-refractivity contribution in [3.8, 4) is 11.4 Å². The highest BCUT2D eigenvalue weighted by atomic mass is 127. The van der Waals surface area contributed by atoms with Crippen LogP contribution < -0.4 is 10.2 Å². The number of pyridine rings is 1. The van der Waals surface area contributed by atoms with Crippen LogP contribution in [0.4, 0.5) is 19.0 Å². The van der Waals surface area contributed by atoms with E-state index in [9.17, 15) is 18.0 Å². The summed E-state index contributed by atoms with van der Waals surface area (Å²) in [5.41, 5.74) is 0.425. The SMILES string of the molecule is CN(c1nc(-c2c[nH]c3ncccc23)ncc1I)C1(C(=O)NCC(F)(F)F)CC1. The summed E-state index contributed by atoms with van der Waals surface area (Å²) in [7, 11) is 1.67. The van der Waals surface area contributed by atoms with Gasteiger partial charge in [-0.1, -0.05) is 0 Å². The normalized spacial score (nSPS) is 15.3. The number of carbonyl (C=O) groups excluding carboxylic acids is 1. The summed E-state index contributed by atoms with van der Waals surface area (Å²) >= 11 is 2.06. The molecule has 29 heavy (non-hydrogen) atoms. The molecule has 0 radical (unpaired) electrons. The van der Waals surface area contributed by atoms with Gasteiger partial charge in [0.2, 0.25) is 5.91 Å². The van der Waals surface area contributed by atoms with Gasteiger partial charge in [-0.25, -0.2) is 15.0 Å². The molecule has 4 rings (SSSR count). The van der Waals surface area contributed by atoms with Gasteiger partial charge in [-0.15, -0.1) is 0 Å². The van der Waals surface area contributed by atoms with E-state index < -0.39 is 24.2 Å². The maximum Gasteiger partial charge on any atom is 0.405 e. The molecule has 0 aromatic carbocycles. The predicted octanol–water partition coefficient (Wildman–Crippen LogP) is 3.27. The molecule has 1 saturated carbocycles. The Bertz CT molecular complexity index is 1080. The van der Waals surface area contributed by atoms with Crippen LogP contribution in [0.2, 0.25) is 0 Å². The van der Waals surface area contributed by atoms with Crippen molar-refractivity contribution in [2.45, 2.75) is 24.6 Å². The van der Waals surface area contributed by atoms with Crippen LogP contribution >= 0.6 is 22.6 Å². The van der Waals surface area contributed by atoms with E-state index in [0.29, 0.717) is 33.7 Å². The second kappa shape index (κ2) is 7.11. The van der Waals surface area contributed by atoms with E-state index in [2.05, 4.69) is 42.5 Å². The van der Waals surface area contributed by atoms with Gasteiger partial charge in [0.05, 0.1) is 3.57 Å². The number of hydrogen-bond acceptors (Lipinski definition) is 5. The summed E-state index contributed by atoms with van der Waals surface area (Å²) in [5.74, 6) is 0.288. The summed E-state index contributed by atoms with van der Waals surface area (Å²) in [5, 5.41) is 2.85.